The third-order valence-electron chi connectivity index (χ3n) is 2.16. The molecule has 1 aromatic rings. The van der Waals surface area contributed by atoms with E-state index in [-0.39, 0.29) is 4.90 Å². The summed E-state index contributed by atoms with van der Waals surface area (Å²) in [6.07, 6.45) is 0. The molecule has 0 unspecified atom stereocenters. The van der Waals surface area contributed by atoms with Gasteiger partial charge in [0.2, 0.25) is 0 Å². The molecule has 5 nitrogen and oxygen atoms in total. The minimum atomic E-state index is -3.45. The van der Waals surface area contributed by atoms with Gasteiger partial charge in [0.05, 0.1) is 18.1 Å². The molecule has 0 aliphatic carbocycles. The van der Waals surface area contributed by atoms with Crippen molar-refractivity contribution in [3.8, 4) is 5.75 Å². The van der Waals surface area contributed by atoms with Gasteiger partial charge in [-0.05, 0) is 38.1 Å². The molecule has 0 amide bonds. The molecule has 1 rings (SSSR count). The largest absolute Gasteiger partial charge is 0.424 e. The lowest BCUT2D eigenvalue weighted by molar-refractivity contribution is 0.218. The van der Waals surface area contributed by atoms with E-state index < -0.39 is 16.6 Å². The first-order valence-corrected chi connectivity index (χ1v) is 10.0. The molecular formula is C12H17O5PS2. The molecule has 0 aliphatic rings. The van der Waals surface area contributed by atoms with Crippen molar-refractivity contribution in [2.24, 2.45) is 0 Å². The Hall–Kier alpha value is -0.720. The molecule has 0 radical (unpaired) electrons. The van der Waals surface area contributed by atoms with E-state index in [2.05, 4.69) is 6.58 Å². The van der Waals surface area contributed by atoms with Crippen LogP contribution in [0.25, 0.3) is 0 Å². The fraction of sp³-hybridized carbons (Fsp3) is 0.333. The second-order valence-corrected chi connectivity index (χ2v) is 8.39. The maximum absolute atomic E-state index is 11.6. The fourth-order valence-corrected chi connectivity index (χ4v) is 4.11. The van der Waals surface area contributed by atoms with Gasteiger partial charge in [-0.25, -0.2) is 8.42 Å². The summed E-state index contributed by atoms with van der Waals surface area (Å²) < 4.78 is 39.4. The van der Waals surface area contributed by atoms with E-state index in [0.29, 0.717) is 19.0 Å². The lowest BCUT2D eigenvalue weighted by atomic mass is 10.3. The van der Waals surface area contributed by atoms with Crippen molar-refractivity contribution in [1.29, 1.82) is 0 Å². The molecule has 0 N–H and O–H groups in total. The molecule has 0 atom stereocenters. The molecule has 0 aromatic heterocycles. The van der Waals surface area contributed by atoms with Gasteiger partial charge in [0.15, 0.2) is 9.84 Å². The predicted octanol–water partition coefficient (Wildman–Crippen LogP) is 3.28. The normalized spacial score (nSPS) is 12.1. The summed E-state index contributed by atoms with van der Waals surface area (Å²) in [6.45, 7) is 4.77. The molecule has 0 saturated carbocycles. The maximum Gasteiger partial charge on any atom is 0.380 e. The SMILES string of the molecule is C=CS(=O)(=O)c1ccc(OP(=S)(OCC)OCC)cc1. The molecule has 112 valence electrons. The summed E-state index contributed by atoms with van der Waals surface area (Å²) in [5.41, 5.74) is 0. The highest BCUT2D eigenvalue weighted by Crippen LogP contribution is 2.49. The van der Waals surface area contributed by atoms with E-state index >= 15 is 0 Å². The molecule has 0 bridgehead atoms. The monoisotopic (exact) mass is 336 g/mol. The van der Waals surface area contributed by atoms with Gasteiger partial charge in [-0.2, -0.15) is 0 Å². The van der Waals surface area contributed by atoms with E-state index in [1.165, 1.54) is 24.3 Å². The van der Waals surface area contributed by atoms with Crippen LogP contribution in [0.4, 0.5) is 0 Å². The number of hydrogen-bond donors (Lipinski definition) is 0. The van der Waals surface area contributed by atoms with E-state index in [1.54, 1.807) is 13.8 Å². The molecule has 0 aliphatic heterocycles. The summed E-state index contributed by atoms with van der Waals surface area (Å²) in [6, 6.07) is 5.86. The zero-order valence-corrected chi connectivity index (χ0v) is 13.8. The van der Waals surface area contributed by atoms with E-state index in [1.807, 2.05) is 0 Å². The van der Waals surface area contributed by atoms with Crippen molar-refractivity contribution >= 4 is 28.4 Å². The van der Waals surface area contributed by atoms with Gasteiger partial charge >= 0.3 is 6.72 Å². The van der Waals surface area contributed by atoms with Gasteiger partial charge in [-0.3, -0.25) is 9.05 Å². The molecule has 0 spiro atoms. The average Bonchev–Trinajstić information content (AvgIpc) is 2.39. The quantitative estimate of drug-likeness (QED) is 0.679. The number of benzene rings is 1. The summed E-state index contributed by atoms with van der Waals surface area (Å²) in [7, 11) is -3.45. The summed E-state index contributed by atoms with van der Waals surface area (Å²) in [5, 5.41) is 0.896. The highest BCUT2D eigenvalue weighted by atomic mass is 32.5. The predicted molar refractivity (Wildman–Crippen MR) is 82.0 cm³/mol. The van der Waals surface area contributed by atoms with Crippen molar-refractivity contribution < 1.29 is 22.0 Å². The zero-order chi connectivity index (χ0) is 15.2. The van der Waals surface area contributed by atoms with E-state index in [9.17, 15) is 8.42 Å². The lowest BCUT2D eigenvalue weighted by Gasteiger charge is -2.21. The zero-order valence-electron chi connectivity index (χ0n) is 11.3. The maximum atomic E-state index is 11.6. The van der Waals surface area contributed by atoms with Crippen LogP contribution in [0.5, 0.6) is 5.75 Å². The Bertz CT molecular complexity index is 585. The number of hydrogen-bond acceptors (Lipinski definition) is 6. The van der Waals surface area contributed by atoms with E-state index in [0.717, 1.165) is 5.41 Å². The number of sulfone groups is 1. The highest BCUT2D eigenvalue weighted by molar-refractivity contribution is 8.07. The van der Waals surface area contributed by atoms with Crippen LogP contribution in [0.1, 0.15) is 13.8 Å². The fourth-order valence-electron chi connectivity index (χ4n) is 1.32. The molecule has 0 heterocycles. The third kappa shape index (κ3) is 4.68. The van der Waals surface area contributed by atoms with Gasteiger partial charge in [-0.15, -0.1) is 0 Å². The second kappa shape index (κ2) is 7.33. The van der Waals surface area contributed by atoms with Crippen molar-refractivity contribution in [1.82, 2.24) is 0 Å². The summed E-state index contributed by atoms with van der Waals surface area (Å²) in [4.78, 5) is 0.140. The molecule has 0 fully saturated rings. The Morgan fingerprint density at radius 1 is 1.20 bits per heavy atom. The summed E-state index contributed by atoms with van der Waals surface area (Å²) in [5.74, 6) is 0.401. The van der Waals surface area contributed by atoms with Crippen molar-refractivity contribution in [2.45, 2.75) is 18.7 Å². The van der Waals surface area contributed by atoms with Crippen LogP contribution in [0.15, 0.2) is 41.1 Å². The smallest absolute Gasteiger partial charge is 0.380 e. The minimum absolute atomic E-state index is 0.140. The van der Waals surface area contributed by atoms with Gasteiger partial charge in [-0.1, -0.05) is 6.58 Å². The first-order valence-electron chi connectivity index (χ1n) is 5.93. The topological polar surface area (TPSA) is 61.8 Å². The Morgan fingerprint density at radius 3 is 2.10 bits per heavy atom. The van der Waals surface area contributed by atoms with Gasteiger partial charge in [0.25, 0.3) is 0 Å². The first kappa shape index (κ1) is 17.3. The molecule has 0 saturated heterocycles. The average molecular weight is 336 g/mol. The van der Waals surface area contributed by atoms with Gasteiger partial charge in [0.1, 0.15) is 5.75 Å². The Balaban J connectivity index is 2.94. The number of rotatable bonds is 8. The van der Waals surface area contributed by atoms with Crippen LogP contribution in [0.3, 0.4) is 0 Å². The first-order chi connectivity index (χ1) is 9.37. The van der Waals surface area contributed by atoms with Crippen LogP contribution in [0, 0.1) is 0 Å². The summed E-state index contributed by atoms with van der Waals surface area (Å²) >= 11 is 5.22. The molecular weight excluding hydrogens is 319 g/mol. The standard InChI is InChI=1S/C12H17O5PS2/c1-4-15-18(19,16-5-2)17-11-7-9-12(10-8-11)20(13,14)6-3/h6-10H,3-5H2,1-2H3. The van der Waals surface area contributed by atoms with Gasteiger partial charge in [0, 0.05) is 17.2 Å². The lowest BCUT2D eigenvalue weighted by Crippen LogP contribution is -2.02. The van der Waals surface area contributed by atoms with Crippen LogP contribution >= 0.6 is 6.72 Å². The Kier molecular flexibility index (Phi) is 6.36. The van der Waals surface area contributed by atoms with Crippen LogP contribution in [0.2, 0.25) is 0 Å². The van der Waals surface area contributed by atoms with Crippen molar-refractivity contribution in [2.75, 3.05) is 13.2 Å². The molecule has 1 aromatic carbocycles. The third-order valence-corrected chi connectivity index (χ3v) is 5.97. The van der Waals surface area contributed by atoms with Crippen LogP contribution in [-0.2, 0) is 30.7 Å². The van der Waals surface area contributed by atoms with Crippen LogP contribution in [-0.4, -0.2) is 21.6 Å². The van der Waals surface area contributed by atoms with E-state index in [4.69, 9.17) is 25.4 Å². The molecule has 20 heavy (non-hydrogen) atoms. The minimum Gasteiger partial charge on any atom is -0.424 e. The van der Waals surface area contributed by atoms with Crippen molar-refractivity contribution in [3.05, 3.63) is 36.3 Å². The van der Waals surface area contributed by atoms with Crippen LogP contribution < -0.4 is 4.52 Å². The van der Waals surface area contributed by atoms with Gasteiger partial charge < -0.3 is 4.52 Å². The van der Waals surface area contributed by atoms with Crippen molar-refractivity contribution in [3.63, 3.8) is 0 Å². The molecule has 8 heteroatoms. The second-order valence-electron chi connectivity index (χ2n) is 3.56. The highest BCUT2D eigenvalue weighted by Gasteiger charge is 2.21. The Labute approximate surface area is 124 Å². The Morgan fingerprint density at radius 2 is 1.70 bits per heavy atom.